The molecule has 1 heteroatoms. The first-order valence-electron chi connectivity index (χ1n) is 6.34. The lowest BCUT2D eigenvalue weighted by molar-refractivity contribution is 0.180. The van der Waals surface area contributed by atoms with E-state index in [1.165, 1.54) is 44.9 Å². The summed E-state index contributed by atoms with van der Waals surface area (Å²) in [5.74, 6) is 0.904. The van der Waals surface area contributed by atoms with E-state index in [1.807, 2.05) is 6.92 Å². The average Bonchev–Trinajstić information content (AvgIpc) is 2.13. The van der Waals surface area contributed by atoms with Gasteiger partial charge in [-0.2, -0.15) is 0 Å². The van der Waals surface area contributed by atoms with Crippen LogP contribution in [0.15, 0.2) is 0 Å². The average molecular weight is 200 g/mol. The number of hydrogen-bond donors (Lipinski definition) is 1. The highest BCUT2D eigenvalue weighted by atomic mass is 16.3. The summed E-state index contributed by atoms with van der Waals surface area (Å²) in [6.07, 6.45) is 10.2. The fourth-order valence-electron chi connectivity index (χ4n) is 1.81. The van der Waals surface area contributed by atoms with E-state index < -0.39 is 0 Å². The summed E-state index contributed by atoms with van der Waals surface area (Å²) in [5.41, 5.74) is 0. The first-order valence-corrected chi connectivity index (χ1v) is 6.34. The Morgan fingerprint density at radius 3 is 2.00 bits per heavy atom. The molecule has 0 aliphatic heterocycles. The van der Waals surface area contributed by atoms with E-state index in [0.717, 1.165) is 12.3 Å². The second kappa shape index (κ2) is 9.51. The zero-order valence-electron chi connectivity index (χ0n) is 10.3. The van der Waals surface area contributed by atoms with Gasteiger partial charge in [0.2, 0.25) is 0 Å². The SMILES string of the molecule is CCCCC(C)CCCCCC(C)O. The Bertz CT molecular complexity index is 110. The molecule has 0 aromatic carbocycles. The van der Waals surface area contributed by atoms with Gasteiger partial charge in [0.25, 0.3) is 0 Å². The molecule has 0 amide bonds. The molecule has 0 radical (unpaired) electrons. The third-order valence-corrected chi connectivity index (χ3v) is 2.87. The van der Waals surface area contributed by atoms with Crippen LogP contribution >= 0.6 is 0 Å². The lowest BCUT2D eigenvalue weighted by Gasteiger charge is -2.10. The van der Waals surface area contributed by atoms with Crippen molar-refractivity contribution in [1.29, 1.82) is 0 Å². The molecule has 14 heavy (non-hydrogen) atoms. The normalized spacial score (nSPS) is 15.4. The molecule has 0 spiro atoms. The van der Waals surface area contributed by atoms with Crippen molar-refractivity contribution in [2.45, 2.75) is 78.2 Å². The molecule has 0 rings (SSSR count). The van der Waals surface area contributed by atoms with Gasteiger partial charge in [-0.05, 0) is 19.3 Å². The Morgan fingerprint density at radius 1 is 0.857 bits per heavy atom. The van der Waals surface area contributed by atoms with Crippen molar-refractivity contribution in [2.75, 3.05) is 0 Å². The molecule has 0 saturated carbocycles. The molecule has 2 unspecified atom stereocenters. The minimum Gasteiger partial charge on any atom is -0.393 e. The van der Waals surface area contributed by atoms with Gasteiger partial charge in [-0.25, -0.2) is 0 Å². The molecule has 1 N–H and O–H groups in total. The molecule has 0 aliphatic rings. The molecule has 86 valence electrons. The monoisotopic (exact) mass is 200 g/mol. The van der Waals surface area contributed by atoms with Crippen molar-refractivity contribution in [3.63, 3.8) is 0 Å². The summed E-state index contributed by atoms with van der Waals surface area (Å²) in [6, 6.07) is 0. The third-order valence-electron chi connectivity index (χ3n) is 2.87. The molecule has 2 atom stereocenters. The maximum Gasteiger partial charge on any atom is 0.0512 e. The molecule has 0 saturated heterocycles. The fourth-order valence-corrected chi connectivity index (χ4v) is 1.81. The van der Waals surface area contributed by atoms with Gasteiger partial charge >= 0.3 is 0 Å². The lowest BCUT2D eigenvalue weighted by Crippen LogP contribution is -1.99. The minimum absolute atomic E-state index is 0.104. The highest BCUT2D eigenvalue weighted by Gasteiger charge is 2.01. The summed E-state index contributed by atoms with van der Waals surface area (Å²) in [6.45, 7) is 6.50. The Kier molecular flexibility index (Phi) is 9.49. The summed E-state index contributed by atoms with van der Waals surface area (Å²) in [4.78, 5) is 0. The predicted molar refractivity (Wildman–Crippen MR) is 63.5 cm³/mol. The van der Waals surface area contributed by atoms with Crippen LogP contribution in [0.4, 0.5) is 0 Å². The van der Waals surface area contributed by atoms with Gasteiger partial charge in [0.05, 0.1) is 6.10 Å². The number of aliphatic hydroxyl groups is 1. The van der Waals surface area contributed by atoms with Gasteiger partial charge in [0.15, 0.2) is 0 Å². The quantitative estimate of drug-likeness (QED) is 0.554. The van der Waals surface area contributed by atoms with Crippen LogP contribution in [-0.4, -0.2) is 11.2 Å². The van der Waals surface area contributed by atoms with Crippen LogP contribution in [-0.2, 0) is 0 Å². The molecule has 0 aliphatic carbocycles. The summed E-state index contributed by atoms with van der Waals surface area (Å²) >= 11 is 0. The lowest BCUT2D eigenvalue weighted by atomic mass is 9.97. The van der Waals surface area contributed by atoms with Crippen LogP contribution in [0.5, 0.6) is 0 Å². The van der Waals surface area contributed by atoms with Gasteiger partial charge in [0.1, 0.15) is 0 Å². The van der Waals surface area contributed by atoms with Crippen molar-refractivity contribution in [3.05, 3.63) is 0 Å². The standard InChI is InChI=1S/C13H28O/c1-4-5-9-12(2)10-7-6-8-11-13(3)14/h12-14H,4-11H2,1-3H3. The highest BCUT2D eigenvalue weighted by Crippen LogP contribution is 2.16. The van der Waals surface area contributed by atoms with Gasteiger partial charge in [-0.3, -0.25) is 0 Å². The Morgan fingerprint density at radius 2 is 1.43 bits per heavy atom. The summed E-state index contributed by atoms with van der Waals surface area (Å²) < 4.78 is 0. The topological polar surface area (TPSA) is 20.2 Å². The second-order valence-corrected chi connectivity index (χ2v) is 4.73. The molecule has 0 fully saturated rings. The Balaban J connectivity index is 3.10. The van der Waals surface area contributed by atoms with Crippen LogP contribution < -0.4 is 0 Å². The van der Waals surface area contributed by atoms with Gasteiger partial charge < -0.3 is 5.11 Å². The zero-order valence-corrected chi connectivity index (χ0v) is 10.3. The molecule has 0 bridgehead atoms. The van der Waals surface area contributed by atoms with E-state index in [-0.39, 0.29) is 6.10 Å². The maximum absolute atomic E-state index is 9.08. The third kappa shape index (κ3) is 10.0. The number of rotatable bonds is 9. The molecular formula is C13H28O. The van der Waals surface area contributed by atoms with Gasteiger partial charge in [0, 0.05) is 0 Å². The van der Waals surface area contributed by atoms with E-state index in [1.54, 1.807) is 0 Å². The van der Waals surface area contributed by atoms with Crippen molar-refractivity contribution in [2.24, 2.45) is 5.92 Å². The Labute approximate surface area is 89.9 Å². The molecule has 1 nitrogen and oxygen atoms in total. The van der Waals surface area contributed by atoms with Crippen LogP contribution in [0.25, 0.3) is 0 Å². The van der Waals surface area contributed by atoms with Gasteiger partial charge in [-0.1, -0.05) is 58.8 Å². The van der Waals surface area contributed by atoms with E-state index in [2.05, 4.69) is 13.8 Å². The van der Waals surface area contributed by atoms with Crippen LogP contribution in [0.2, 0.25) is 0 Å². The molecule has 0 aromatic rings. The molecular weight excluding hydrogens is 172 g/mol. The second-order valence-electron chi connectivity index (χ2n) is 4.73. The van der Waals surface area contributed by atoms with Crippen molar-refractivity contribution < 1.29 is 5.11 Å². The Hall–Kier alpha value is -0.0400. The van der Waals surface area contributed by atoms with Crippen LogP contribution in [0.1, 0.15) is 72.1 Å². The maximum atomic E-state index is 9.08. The first-order chi connectivity index (χ1) is 6.66. The van der Waals surface area contributed by atoms with E-state index in [4.69, 9.17) is 5.11 Å². The zero-order chi connectivity index (χ0) is 10.8. The van der Waals surface area contributed by atoms with Gasteiger partial charge in [-0.15, -0.1) is 0 Å². The van der Waals surface area contributed by atoms with E-state index in [9.17, 15) is 0 Å². The van der Waals surface area contributed by atoms with Crippen molar-refractivity contribution >= 4 is 0 Å². The number of unbranched alkanes of at least 4 members (excludes halogenated alkanes) is 3. The van der Waals surface area contributed by atoms with E-state index >= 15 is 0 Å². The summed E-state index contributed by atoms with van der Waals surface area (Å²) in [5, 5.41) is 9.08. The smallest absolute Gasteiger partial charge is 0.0512 e. The molecule has 0 aromatic heterocycles. The number of aliphatic hydroxyl groups excluding tert-OH is 1. The van der Waals surface area contributed by atoms with Crippen molar-refractivity contribution in [1.82, 2.24) is 0 Å². The fraction of sp³-hybridized carbons (Fsp3) is 1.00. The number of hydrogen-bond acceptors (Lipinski definition) is 1. The highest BCUT2D eigenvalue weighted by molar-refractivity contribution is 4.55. The first kappa shape index (κ1) is 14.0. The largest absolute Gasteiger partial charge is 0.393 e. The van der Waals surface area contributed by atoms with Crippen LogP contribution in [0.3, 0.4) is 0 Å². The van der Waals surface area contributed by atoms with Crippen molar-refractivity contribution in [3.8, 4) is 0 Å². The molecule has 0 heterocycles. The van der Waals surface area contributed by atoms with E-state index in [0.29, 0.717) is 0 Å². The summed E-state index contributed by atoms with van der Waals surface area (Å²) in [7, 11) is 0. The van der Waals surface area contributed by atoms with Crippen LogP contribution in [0, 0.1) is 5.92 Å². The predicted octanol–water partition coefficient (Wildman–Crippen LogP) is 4.14. The minimum atomic E-state index is -0.104.